The highest BCUT2D eigenvalue weighted by Gasteiger charge is 2.38. The fourth-order valence-electron chi connectivity index (χ4n) is 7.23. The van der Waals surface area contributed by atoms with Crippen molar-refractivity contribution in [1.82, 2.24) is 20.7 Å². The number of alkyl carbamates (subject to hydrolysis) is 1. The highest BCUT2D eigenvalue weighted by Crippen LogP contribution is 2.30. The Morgan fingerprint density at radius 2 is 1.20 bits per heavy atom. The van der Waals surface area contributed by atoms with E-state index in [0.29, 0.717) is 65.9 Å². The SMILES string of the molecule is COCCOCCOCCOCCOCCOCCOC(=O)N[C@H](C(=O)C[C@@H](Cc1ccccc1)[C@@H](O)CN(Cc1ccc(-c2ccccn2)cc1)NC(=O)C(CC(=O)OC)C(C)(C)C)C(C)(C)C. The molecule has 0 aliphatic heterocycles. The fourth-order valence-corrected chi connectivity index (χ4v) is 7.23. The lowest BCUT2D eigenvalue weighted by atomic mass is 9.78. The lowest BCUT2D eigenvalue weighted by Gasteiger charge is -2.35. The largest absolute Gasteiger partial charge is 0.469 e. The number of nitrogens with zero attached hydrogens (tertiary/aromatic N) is 2. The van der Waals surface area contributed by atoms with Gasteiger partial charge in [-0.1, -0.05) is 102 Å². The zero-order valence-electron chi connectivity index (χ0n) is 42.1. The van der Waals surface area contributed by atoms with Crippen LogP contribution in [0.2, 0.25) is 0 Å². The Hall–Kier alpha value is -4.85. The summed E-state index contributed by atoms with van der Waals surface area (Å²) >= 11 is 0. The van der Waals surface area contributed by atoms with Gasteiger partial charge in [0, 0.05) is 38.4 Å². The van der Waals surface area contributed by atoms with Crippen LogP contribution in [-0.2, 0) is 65.2 Å². The first-order valence-electron chi connectivity index (χ1n) is 23.7. The zero-order valence-corrected chi connectivity index (χ0v) is 42.1. The number of aromatic nitrogens is 1. The van der Waals surface area contributed by atoms with Gasteiger partial charge < -0.3 is 48.3 Å². The van der Waals surface area contributed by atoms with Crippen molar-refractivity contribution in [3.63, 3.8) is 0 Å². The Bertz CT molecular complexity index is 1890. The second kappa shape index (κ2) is 32.1. The number of aliphatic hydroxyl groups is 1. The van der Waals surface area contributed by atoms with Gasteiger partial charge in [-0.2, -0.15) is 0 Å². The van der Waals surface area contributed by atoms with Crippen LogP contribution in [0.15, 0.2) is 79.0 Å². The molecule has 0 fully saturated rings. The van der Waals surface area contributed by atoms with Crippen molar-refractivity contribution in [2.45, 2.75) is 79.5 Å². The number of ketones is 1. The number of benzene rings is 2. The molecule has 0 saturated heterocycles. The Kier molecular flexibility index (Phi) is 27.2. The molecule has 2 amide bonds. The van der Waals surface area contributed by atoms with E-state index in [9.17, 15) is 24.3 Å². The number of nitrogens with one attached hydrogen (secondary N) is 2. The number of carbonyl (C=O) groups excluding carboxylic acids is 4. The number of rotatable bonds is 34. The molecule has 4 atom stereocenters. The molecule has 0 aliphatic rings. The van der Waals surface area contributed by atoms with Gasteiger partial charge in [-0.15, -0.1) is 0 Å². The lowest BCUT2D eigenvalue weighted by molar-refractivity contribution is -0.148. The summed E-state index contributed by atoms with van der Waals surface area (Å²) in [7, 11) is 2.91. The molecule has 3 aromatic rings. The molecule has 0 saturated carbocycles. The molecular weight excluding hydrogens is 889 g/mol. The number of esters is 1. The standard InChI is InChI=1S/C52H78N4O13/c1-51(2,3)43(36-47(59)63-8)49(60)55-56(37-40-17-19-41(20-18-40)44-16-12-13-21-53-44)38-46(58)42(34-39-14-10-9-11-15-39)35-45(57)48(52(4,5)6)54-50(61)69-33-32-68-31-30-67-29-28-66-27-26-65-25-24-64-23-22-62-7/h9-21,42-43,46,48,58H,22-38H2,1-8H3,(H,54,61)(H,55,60)/t42-,43?,46+,48-/m1/s1. The summed E-state index contributed by atoms with van der Waals surface area (Å²) in [6, 6.07) is 22.0. The summed E-state index contributed by atoms with van der Waals surface area (Å²) in [6.45, 7) is 15.8. The summed E-state index contributed by atoms with van der Waals surface area (Å²) in [5.41, 5.74) is 5.14. The van der Waals surface area contributed by atoms with E-state index in [4.69, 9.17) is 37.9 Å². The molecule has 0 radical (unpaired) electrons. The average Bonchev–Trinajstić information content (AvgIpc) is 3.31. The van der Waals surface area contributed by atoms with Crippen molar-refractivity contribution >= 4 is 23.8 Å². The highest BCUT2D eigenvalue weighted by molar-refractivity contribution is 5.88. The van der Waals surface area contributed by atoms with Crippen LogP contribution in [-0.4, -0.2) is 151 Å². The topological polar surface area (TPSA) is 203 Å². The van der Waals surface area contributed by atoms with E-state index in [2.05, 4.69) is 15.7 Å². The Morgan fingerprint density at radius 1 is 0.652 bits per heavy atom. The zero-order chi connectivity index (χ0) is 50.5. The first-order valence-corrected chi connectivity index (χ1v) is 23.7. The summed E-state index contributed by atoms with van der Waals surface area (Å²) in [4.78, 5) is 58.4. The van der Waals surface area contributed by atoms with Crippen molar-refractivity contribution < 1.29 is 62.2 Å². The van der Waals surface area contributed by atoms with Crippen LogP contribution in [0.1, 0.15) is 65.5 Å². The van der Waals surface area contributed by atoms with Crippen molar-refractivity contribution in [3.05, 3.63) is 90.1 Å². The quantitative estimate of drug-likeness (QED) is 0.0365. The van der Waals surface area contributed by atoms with Gasteiger partial charge in [-0.25, -0.2) is 9.80 Å². The number of hydrazine groups is 1. The van der Waals surface area contributed by atoms with E-state index in [1.165, 1.54) is 7.11 Å². The molecule has 1 aromatic heterocycles. The molecule has 2 aromatic carbocycles. The molecule has 17 heteroatoms. The van der Waals surface area contributed by atoms with E-state index in [-0.39, 0.29) is 51.5 Å². The van der Waals surface area contributed by atoms with Gasteiger partial charge in [-0.05, 0) is 46.4 Å². The highest BCUT2D eigenvalue weighted by atomic mass is 16.6. The van der Waals surface area contributed by atoms with Crippen molar-refractivity contribution in [2.75, 3.05) is 100 Å². The average molecular weight is 967 g/mol. The maximum Gasteiger partial charge on any atom is 0.407 e. The van der Waals surface area contributed by atoms with Gasteiger partial charge >= 0.3 is 12.1 Å². The number of pyridine rings is 1. The minimum Gasteiger partial charge on any atom is -0.469 e. The van der Waals surface area contributed by atoms with E-state index < -0.39 is 52.8 Å². The normalized spacial score (nSPS) is 13.6. The maximum absolute atomic E-state index is 14.3. The van der Waals surface area contributed by atoms with Crippen LogP contribution in [0, 0.1) is 22.7 Å². The molecule has 69 heavy (non-hydrogen) atoms. The first kappa shape index (κ1) is 58.5. The Morgan fingerprint density at radius 3 is 1.71 bits per heavy atom. The van der Waals surface area contributed by atoms with Crippen LogP contribution in [0.5, 0.6) is 0 Å². The fraction of sp³-hybridized carbons (Fsp3) is 0.596. The lowest BCUT2D eigenvalue weighted by Crippen LogP contribution is -2.52. The smallest absolute Gasteiger partial charge is 0.407 e. The molecule has 3 N–H and O–H groups in total. The third-order valence-electron chi connectivity index (χ3n) is 11.1. The number of hydrogen-bond donors (Lipinski definition) is 3. The molecule has 0 spiro atoms. The summed E-state index contributed by atoms with van der Waals surface area (Å²) in [5.74, 6) is -2.62. The third-order valence-corrected chi connectivity index (χ3v) is 11.1. The predicted molar refractivity (Wildman–Crippen MR) is 261 cm³/mol. The molecule has 384 valence electrons. The van der Waals surface area contributed by atoms with Gasteiger partial charge in [0.2, 0.25) is 5.91 Å². The van der Waals surface area contributed by atoms with Gasteiger partial charge in [0.15, 0.2) is 5.78 Å². The summed E-state index contributed by atoms with van der Waals surface area (Å²) in [5, 5.41) is 16.6. The van der Waals surface area contributed by atoms with Crippen LogP contribution in [0.4, 0.5) is 4.79 Å². The minimum absolute atomic E-state index is 0.0457. The molecule has 0 aliphatic carbocycles. The van der Waals surface area contributed by atoms with Gasteiger partial charge in [-0.3, -0.25) is 24.8 Å². The van der Waals surface area contributed by atoms with Gasteiger partial charge in [0.05, 0.1) is 110 Å². The molecule has 0 bridgehead atoms. The summed E-state index contributed by atoms with van der Waals surface area (Å²) in [6.07, 6.45) is -0.0904. The minimum atomic E-state index is -1.14. The number of ether oxygens (including phenoxy) is 8. The second-order valence-electron chi connectivity index (χ2n) is 18.8. The van der Waals surface area contributed by atoms with Crippen LogP contribution < -0.4 is 10.7 Å². The Balaban J connectivity index is 1.62. The van der Waals surface area contributed by atoms with Crippen molar-refractivity contribution in [1.29, 1.82) is 0 Å². The second-order valence-corrected chi connectivity index (χ2v) is 18.8. The molecule has 3 rings (SSSR count). The third kappa shape index (κ3) is 24.0. The van der Waals surface area contributed by atoms with Crippen LogP contribution in [0.25, 0.3) is 11.3 Å². The van der Waals surface area contributed by atoms with Crippen molar-refractivity contribution in [3.8, 4) is 11.3 Å². The number of carbonyl (C=O) groups is 4. The first-order chi connectivity index (χ1) is 33.0. The number of aliphatic hydroxyl groups excluding tert-OH is 1. The molecule has 1 unspecified atom stereocenters. The number of hydrogen-bond acceptors (Lipinski definition) is 15. The van der Waals surface area contributed by atoms with E-state index in [1.807, 2.05) is 114 Å². The molecular formula is C52H78N4O13. The van der Waals surface area contributed by atoms with Crippen LogP contribution >= 0.6 is 0 Å². The number of Topliss-reactive ketones (excluding diaryl/α,β-unsaturated/α-hetero) is 1. The van der Waals surface area contributed by atoms with E-state index >= 15 is 0 Å². The monoisotopic (exact) mass is 967 g/mol. The van der Waals surface area contributed by atoms with Gasteiger partial charge in [0.1, 0.15) is 6.61 Å². The predicted octanol–water partition coefficient (Wildman–Crippen LogP) is 5.86. The molecule has 17 nitrogen and oxygen atoms in total. The van der Waals surface area contributed by atoms with Crippen molar-refractivity contribution in [2.24, 2.45) is 22.7 Å². The maximum atomic E-state index is 14.3. The van der Waals surface area contributed by atoms with E-state index in [0.717, 1.165) is 22.4 Å². The van der Waals surface area contributed by atoms with Gasteiger partial charge in [0.25, 0.3) is 0 Å². The number of amides is 2. The number of methoxy groups -OCH3 is 2. The van der Waals surface area contributed by atoms with E-state index in [1.54, 1.807) is 18.3 Å². The molecule has 1 heterocycles. The van der Waals surface area contributed by atoms with Crippen LogP contribution in [0.3, 0.4) is 0 Å². The summed E-state index contributed by atoms with van der Waals surface area (Å²) < 4.78 is 42.6. The Labute approximate surface area is 409 Å².